The summed E-state index contributed by atoms with van der Waals surface area (Å²) in [6.45, 7) is 0. The highest BCUT2D eigenvalue weighted by molar-refractivity contribution is 9.10. The molecule has 4 nitrogen and oxygen atoms in total. The zero-order valence-corrected chi connectivity index (χ0v) is 14.0. The number of nitrogen functional groups attached to an aromatic ring is 1. The van der Waals surface area contributed by atoms with E-state index in [1.54, 1.807) is 42.5 Å². The minimum absolute atomic E-state index is 0.163. The average molecular weight is 388 g/mol. The van der Waals surface area contributed by atoms with Crippen molar-refractivity contribution in [3.05, 3.63) is 52.0 Å². The molecule has 0 aliphatic rings. The van der Waals surface area contributed by atoms with E-state index in [1.165, 1.54) is 0 Å². The van der Waals surface area contributed by atoms with Crippen molar-refractivity contribution in [1.29, 1.82) is 0 Å². The van der Waals surface area contributed by atoms with Gasteiger partial charge in [-0.2, -0.15) is 0 Å². The van der Waals surface area contributed by atoms with Crippen molar-refractivity contribution < 1.29 is 9.00 Å². The quantitative estimate of drug-likeness (QED) is 0.789. The molecule has 0 fully saturated rings. The molecular formula is C14H12BrClN2O2S. The van der Waals surface area contributed by atoms with E-state index in [0.29, 0.717) is 21.3 Å². The van der Waals surface area contributed by atoms with Crippen LogP contribution in [0.4, 0.5) is 11.4 Å². The van der Waals surface area contributed by atoms with Crippen molar-refractivity contribution in [3.63, 3.8) is 0 Å². The predicted octanol–water partition coefficient (Wildman–Crippen LogP) is 3.43. The second-order valence-electron chi connectivity index (χ2n) is 4.23. The van der Waals surface area contributed by atoms with E-state index in [-0.39, 0.29) is 11.7 Å². The zero-order valence-electron chi connectivity index (χ0n) is 10.8. The Bertz CT molecular complexity index is 692. The van der Waals surface area contributed by atoms with Crippen molar-refractivity contribution in [2.24, 2.45) is 0 Å². The molecule has 3 N–H and O–H groups in total. The van der Waals surface area contributed by atoms with Crippen LogP contribution in [-0.4, -0.2) is 15.9 Å². The van der Waals surface area contributed by atoms with Crippen LogP contribution in [0.5, 0.6) is 0 Å². The molecule has 7 heteroatoms. The van der Waals surface area contributed by atoms with E-state index in [9.17, 15) is 9.00 Å². The van der Waals surface area contributed by atoms with Gasteiger partial charge in [0.05, 0.1) is 15.7 Å². The molecular weight excluding hydrogens is 376 g/mol. The van der Waals surface area contributed by atoms with Crippen LogP contribution in [0.3, 0.4) is 0 Å². The van der Waals surface area contributed by atoms with Gasteiger partial charge in [-0.3, -0.25) is 9.00 Å². The van der Waals surface area contributed by atoms with Gasteiger partial charge in [0.25, 0.3) is 0 Å². The second kappa shape index (κ2) is 7.06. The molecule has 0 spiro atoms. The highest BCUT2D eigenvalue weighted by Crippen LogP contribution is 2.22. The van der Waals surface area contributed by atoms with Crippen LogP contribution < -0.4 is 11.1 Å². The number of carbonyl (C=O) groups excluding carboxylic acids is 1. The molecule has 0 bridgehead atoms. The molecule has 1 amide bonds. The van der Waals surface area contributed by atoms with Crippen molar-refractivity contribution in [2.75, 3.05) is 16.8 Å². The Balaban J connectivity index is 2.03. The molecule has 0 radical (unpaired) electrons. The molecule has 0 saturated carbocycles. The Morgan fingerprint density at radius 1 is 1.24 bits per heavy atom. The van der Waals surface area contributed by atoms with Gasteiger partial charge in [0, 0.05) is 20.9 Å². The number of amides is 1. The lowest BCUT2D eigenvalue weighted by Crippen LogP contribution is -2.20. The Labute approximate surface area is 138 Å². The lowest BCUT2D eigenvalue weighted by atomic mass is 10.3. The highest BCUT2D eigenvalue weighted by atomic mass is 79.9. The van der Waals surface area contributed by atoms with Gasteiger partial charge in [-0.15, -0.1) is 0 Å². The van der Waals surface area contributed by atoms with Crippen molar-refractivity contribution >= 4 is 55.6 Å². The van der Waals surface area contributed by atoms with Crippen LogP contribution in [0.2, 0.25) is 5.02 Å². The molecule has 1 atom stereocenters. The third-order valence-electron chi connectivity index (χ3n) is 2.61. The van der Waals surface area contributed by atoms with E-state index in [2.05, 4.69) is 21.2 Å². The largest absolute Gasteiger partial charge is 0.398 e. The van der Waals surface area contributed by atoms with Crippen molar-refractivity contribution in [1.82, 2.24) is 0 Å². The van der Waals surface area contributed by atoms with Gasteiger partial charge in [0.2, 0.25) is 5.91 Å². The Hall–Kier alpha value is -1.37. The monoisotopic (exact) mass is 386 g/mol. The predicted molar refractivity (Wildman–Crippen MR) is 89.9 cm³/mol. The lowest BCUT2D eigenvalue weighted by molar-refractivity contribution is -0.113. The normalized spacial score (nSPS) is 11.9. The Morgan fingerprint density at radius 3 is 2.57 bits per heavy atom. The summed E-state index contributed by atoms with van der Waals surface area (Å²) in [4.78, 5) is 12.3. The van der Waals surface area contributed by atoms with Gasteiger partial charge in [-0.05, 0) is 42.5 Å². The van der Waals surface area contributed by atoms with E-state index in [1.807, 2.05) is 0 Å². The fourth-order valence-electron chi connectivity index (χ4n) is 1.63. The van der Waals surface area contributed by atoms with Gasteiger partial charge in [0.1, 0.15) is 5.75 Å². The summed E-state index contributed by atoms with van der Waals surface area (Å²) in [6, 6.07) is 11.7. The maximum atomic E-state index is 12.2. The molecule has 0 aliphatic carbocycles. The molecule has 1 unspecified atom stereocenters. The van der Waals surface area contributed by atoms with Gasteiger partial charge >= 0.3 is 0 Å². The van der Waals surface area contributed by atoms with Crippen LogP contribution in [0.15, 0.2) is 51.8 Å². The maximum Gasteiger partial charge on any atom is 0.237 e. The smallest absolute Gasteiger partial charge is 0.237 e. The van der Waals surface area contributed by atoms with E-state index < -0.39 is 10.8 Å². The summed E-state index contributed by atoms with van der Waals surface area (Å²) in [5.41, 5.74) is 6.77. The van der Waals surface area contributed by atoms with E-state index in [4.69, 9.17) is 17.3 Å². The fourth-order valence-corrected chi connectivity index (χ4v) is 3.33. The van der Waals surface area contributed by atoms with Crippen LogP contribution in [0.1, 0.15) is 0 Å². The Kier molecular flexibility index (Phi) is 5.39. The van der Waals surface area contributed by atoms with Crippen molar-refractivity contribution in [2.45, 2.75) is 4.90 Å². The number of rotatable bonds is 4. The molecule has 21 heavy (non-hydrogen) atoms. The first-order valence-electron chi connectivity index (χ1n) is 5.94. The van der Waals surface area contributed by atoms with Gasteiger partial charge < -0.3 is 11.1 Å². The van der Waals surface area contributed by atoms with Crippen molar-refractivity contribution in [3.8, 4) is 0 Å². The minimum atomic E-state index is -1.51. The number of hydrogen-bond donors (Lipinski definition) is 2. The molecule has 0 saturated heterocycles. The third kappa shape index (κ3) is 4.56. The first-order valence-corrected chi connectivity index (χ1v) is 8.43. The highest BCUT2D eigenvalue weighted by Gasteiger charge is 2.13. The SMILES string of the molecule is Nc1ccc(Br)cc1S(=O)CC(=O)Nc1ccc(Cl)cc1. The number of nitrogens with one attached hydrogen (secondary N) is 1. The van der Waals surface area contributed by atoms with Gasteiger partial charge in [0.15, 0.2) is 0 Å². The standard InChI is InChI=1S/C14H12BrClN2O2S/c15-9-1-6-12(17)13(7-9)21(20)8-14(19)18-11-4-2-10(16)3-5-11/h1-7H,8,17H2,(H,18,19). The van der Waals surface area contributed by atoms with Crippen LogP contribution in [0, 0.1) is 0 Å². The average Bonchev–Trinajstić information content (AvgIpc) is 2.44. The molecule has 110 valence electrons. The molecule has 0 aromatic heterocycles. The number of hydrogen-bond acceptors (Lipinski definition) is 3. The number of anilines is 2. The maximum absolute atomic E-state index is 12.2. The second-order valence-corrected chi connectivity index (χ2v) is 7.00. The molecule has 2 aromatic carbocycles. The summed E-state index contributed by atoms with van der Waals surface area (Å²) in [7, 11) is -1.51. The molecule has 2 aromatic rings. The van der Waals surface area contributed by atoms with E-state index in [0.717, 1.165) is 4.47 Å². The number of benzene rings is 2. The van der Waals surface area contributed by atoms with Crippen LogP contribution in [0.25, 0.3) is 0 Å². The lowest BCUT2D eigenvalue weighted by Gasteiger charge is -2.08. The first-order chi connectivity index (χ1) is 9.95. The summed E-state index contributed by atoms with van der Waals surface area (Å²) in [5.74, 6) is -0.515. The number of nitrogens with two attached hydrogens (primary N) is 1. The summed E-state index contributed by atoms with van der Waals surface area (Å²) in [5, 5.41) is 3.24. The molecule has 0 aliphatic heterocycles. The first kappa shape index (κ1) is 16.0. The van der Waals surface area contributed by atoms with Gasteiger partial charge in [-0.25, -0.2) is 0 Å². The number of carbonyl (C=O) groups is 1. The summed E-state index contributed by atoms with van der Waals surface area (Å²) in [6.07, 6.45) is 0. The topological polar surface area (TPSA) is 72.2 Å². The fraction of sp³-hybridized carbons (Fsp3) is 0.0714. The Morgan fingerprint density at radius 2 is 1.90 bits per heavy atom. The van der Waals surface area contributed by atoms with Gasteiger partial charge in [-0.1, -0.05) is 27.5 Å². The third-order valence-corrected chi connectivity index (χ3v) is 4.72. The molecule has 0 heterocycles. The zero-order chi connectivity index (χ0) is 15.4. The summed E-state index contributed by atoms with van der Waals surface area (Å²) >= 11 is 9.05. The van der Waals surface area contributed by atoms with Crippen LogP contribution >= 0.6 is 27.5 Å². The van der Waals surface area contributed by atoms with E-state index >= 15 is 0 Å². The molecule has 2 rings (SSSR count). The van der Waals surface area contributed by atoms with Crippen LogP contribution in [-0.2, 0) is 15.6 Å². The summed E-state index contributed by atoms with van der Waals surface area (Å²) < 4.78 is 13.0. The minimum Gasteiger partial charge on any atom is -0.398 e. The number of halogens is 2.